The van der Waals surface area contributed by atoms with Gasteiger partial charge in [-0.25, -0.2) is 0 Å². The van der Waals surface area contributed by atoms with Crippen LogP contribution >= 0.6 is 0 Å². The smallest absolute Gasteiger partial charge is 0.136 e. The van der Waals surface area contributed by atoms with Gasteiger partial charge in [0.25, 0.3) is 0 Å². The summed E-state index contributed by atoms with van der Waals surface area (Å²) in [5.41, 5.74) is 0. The number of hydrogen-bond acceptors (Lipinski definition) is 1. The van der Waals surface area contributed by atoms with E-state index in [0.717, 1.165) is 6.42 Å². The molecular weight excluding hydrogens is 160 g/mol. The molecule has 0 atom stereocenters. The highest BCUT2D eigenvalue weighted by molar-refractivity contribution is 5.79. The van der Waals surface area contributed by atoms with Crippen LogP contribution < -0.4 is 0 Å². The fourth-order valence-electron chi connectivity index (χ4n) is 0.898. The van der Waals surface area contributed by atoms with Gasteiger partial charge in [-0.3, -0.25) is 4.79 Å². The molecule has 1 heteroatoms. The Balaban J connectivity index is 3.57. The predicted molar refractivity (Wildman–Crippen MR) is 57.6 cm³/mol. The van der Waals surface area contributed by atoms with Gasteiger partial charge in [0.2, 0.25) is 0 Å². The lowest BCUT2D eigenvalue weighted by molar-refractivity contribution is -0.118. The average molecular weight is 178 g/mol. The molecule has 0 saturated heterocycles. The van der Waals surface area contributed by atoms with Gasteiger partial charge in [0, 0.05) is 12.8 Å². The maximum absolute atomic E-state index is 11.0. The van der Waals surface area contributed by atoms with Crippen molar-refractivity contribution in [2.75, 3.05) is 0 Å². The summed E-state index contributed by atoms with van der Waals surface area (Å²) in [7, 11) is 0. The minimum atomic E-state index is 0.318. The molecule has 0 saturated carbocycles. The van der Waals surface area contributed by atoms with Crippen LogP contribution in [0.5, 0.6) is 0 Å². The summed E-state index contributed by atoms with van der Waals surface area (Å²) >= 11 is 0. The van der Waals surface area contributed by atoms with E-state index < -0.39 is 0 Å². The fraction of sp³-hybridized carbons (Fsp3) is 0.417. The predicted octanol–water partition coefficient (Wildman–Crippen LogP) is 3.43. The Morgan fingerprint density at radius 2 is 1.85 bits per heavy atom. The molecular formula is C12H18O. The van der Waals surface area contributed by atoms with Crippen LogP contribution in [0, 0.1) is 0 Å². The summed E-state index contributed by atoms with van der Waals surface area (Å²) in [5, 5.41) is 0. The van der Waals surface area contributed by atoms with Crippen LogP contribution in [0.25, 0.3) is 0 Å². The number of Topliss-reactive ketones (excluding diaryl/α,β-unsaturated/α-hetero) is 1. The topological polar surface area (TPSA) is 17.1 Å². The summed E-state index contributed by atoms with van der Waals surface area (Å²) in [6, 6.07) is 0. The number of ketones is 1. The van der Waals surface area contributed by atoms with Crippen LogP contribution in [-0.4, -0.2) is 5.78 Å². The van der Waals surface area contributed by atoms with Gasteiger partial charge in [-0.15, -0.1) is 0 Å². The molecule has 0 aromatic carbocycles. The second kappa shape index (κ2) is 8.98. The number of carbonyl (C=O) groups is 1. The van der Waals surface area contributed by atoms with Crippen LogP contribution in [-0.2, 0) is 4.79 Å². The van der Waals surface area contributed by atoms with Crippen LogP contribution in [0.3, 0.4) is 0 Å². The van der Waals surface area contributed by atoms with Crippen molar-refractivity contribution in [2.45, 2.75) is 33.1 Å². The van der Waals surface area contributed by atoms with E-state index in [-0.39, 0.29) is 0 Å². The molecule has 72 valence electrons. The Morgan fingerprint density at radius 3 is 2.46 bits per heavy atom. The first-order chi connectivity index (χ1) is 6.31. The van der Waals surface area contributed by atoms with Crippen molar-refractivity contribution >= 4 is 5.78 Å². The lowest BCUT2D eigenvalue weighted by atomic mass is 10.2. The molecule has 0 fully saturated rings. The Kier molecular flexibility index (Phi) is 8.21. The van der Waals surface area contributed by atoms with Crippen molar-refractivity contribution < 1.29 is 4.79 Å². The van der Waals surface area contributed by atoms with Gasteiger partial charge in [0.15, 0.2) is 0 Å². The van der Waals surface area contributed by atoms with Gasteiger partial charge in [-0.1, -0.05) is 43.4 Å². The molecule has 0 unspecified atom stereocenters. The van der Waals surface area contributed by atoms with Gasteiger partial charge >= 0.3 is 0 Å². The maximum Gasteiger partial charge on any atom is 0.136 e. The second-order valence-corrected chi connectivity index (χ2v) is 2.83. The highest BCUT2D eigenvalue weighted by atomic mass is 16.1. The van der Waals surface area contributed by atoms with Crippen molar-refractivity contribution in [3.05, 3.63) is 36.5 Å². The Morgan fingerprint density at radius 1 is 1.15 bits per heavy atom. The molecule has 0 heterocycles. The average Bonchev–Trinajstić information content (AvgIpc) is 2.11. The molecule has 0 aliphatic carbocycles. The van der Waals surface area contributed by atoms with Crippen molar-refractivity contribution in [1.82, 2.24) is 0 Å². The normalized spacial score (nSPS) is 12.2. The Labute approximate surface area is 80.8 Å². The molecule has 0 aromatic rings. The molecule has 0 aliphatic rings. The molecule has 0 spiro atoms. The largest absolute Gasteiger partial charge is 0.299 e. The highest BCUT2D eigenvalue weighted by Gasteiger charge is 1.94. The molecule has 13 heavy (non-hydrogen) atoms. The minimum absolute atomic E-state index is 0.318. The quantitative estimate of drug-likeness (QED) is 0.569. The SMILES string of the molecule is CC=CC=CC=CCC(=O)CCC. The number of carbonyl (C=O) groups excluding carboxylic acids is 1. The van der Waals surface area contributed by atoms with Crippen molar-refractivity contribution in [1.29, 1.82) is 0 Å². The third kappa shape index (κ3) is 8.80. The first-order valence-electron chi connectivity index (χ1n) is 4.77. The standard InChI is InChI=1S/C12H18O/c1-3-5-6-7-8-9-11-12(13)10-4-2/h3,5-9H,4,10-11H2,1-2H3. The molecule has 0 aliphatic heterocycles. The van der Waals surface area contributed by atoms with Crippen LogP contribution in [0.2, 0.25) is 0 Å². The monoisotopic (exact) mass is 178 g/mol. The van der Waals surface area contributed by atoms with E-state index in [9.17, 15) is 4.79 Å². The summed E-state index contributed by atoms with van der Waals surface area (Å²) < 4.78 is 0. The Bertz CT molecular complexity index is 209. The zero-order valence-electron chi connectivity index (χ0n) is 8.49. The van der Waals surface area contributed by atoms with E-state index in [0.29, 0.717) is 18.6 Å². The van der Waals surface area contributed by atoms with E-state index in [4.69, 9.17) is 0 Å². The summed E-state index contributed by atoms with van der Waals surface area (Å²) in [6.45, 7) is 3.99. The Hall–Kier alpha value is -1.11. The van der Waals surface area contributed by atoms with Crippen molar-refractivity contribution in [2.24, 2.45) is 0 Å². The lowest BCUT2D eigenvalue weighted by Crippen LogP contribution is -1.92. The molecule has 0 amide bonds. The van der Waals surface area contributed by atoms with Gasteiger partial charge < -0.3 is 0 Å². The highest BCUT2D eigenvalue weighted by Crippen LogP contribution is 1.95. The van der Waals surface area contributed by atoms with Gasteiger partial charge in [-0.05, 0) is 13.3 Å². The number of allylic oxidation sites excluding steroid dienone is 6. The van der Waals surface area contributed by atoms with Crippen LogP contribution in [0.15, 0.2) is 36.5 Å². The van der Waals surface area contributed by atoms with E-state index in [1.807, 2.05) is 50.3 Å². The van der Waals surface area contributed by atoms with E-state index in [2.05, 4.69) is 0 Å². The van der Waals surface area contributed by atoms with E-state index >= 15 is 0 Å². The first kappa shape index (κ1) is 11.9. The van der Waals surface area contributed by atoms with Crippen LogP contribution in [0.4, 0.5) is 0 Å². The van der Waals surface area contributed by atoms with E-state index in [1.54, 1.807) is 0 Å². The van der Waals surface area contributed by atoms with Crippen molar-refractivity contribution in [3.63, 3.8) is 0 Å². The first-order valence-corrected chi connectivity index (χ1v) is 4.77. The zero-order chi connectivity index (χ0) is 9.94. The molecule has 0 aromatic heterocycles. The summed E-state index contributed by atoms with van der Waals surface area (Å²) in [5.74, 6) is 0.318. The number of rotatable bonds is 6. The maximum atomic E-state index is 11.0. The molecule has 0 N–H and O–H groups in total. The zero-order valence-corrected chi connectivity index (χ0v) is 8.49. The van der Waals surface area contributed by atoms with Crippen molar-refractivity contribution in [3.8, 4) is 0 Å². The van der Waals surface area contributed by atoms with Crippen LogP contribution in [0.1, 0.15) is 33.1 Å². The van der Waals surface area contributed by atoms with E-state index in [1.165, 1.54) is 0 Å². The third-order valence-corrected chi connectivity index (χ3v) is 1.54. The van der Waals surface area contributed by atoms with Gasteiger partial charge in [0.05, 0.1) is 0 Å². The van der Waals surface area contributed by atoms with Gasteiger partial charge in [0.1, 0.15) is 5.78 Å². The summed E-state index contributed by atoms with van der Waals surface area (Å²) in [4.78, 5) is 11.0. The molecule has 0 rings (SSSR count). The lowest BCUT2D eigenvalue weighted by Gasteiger charge is -1.90. The fourth-order valence-corrected chi connectivity index (χ4v) is 0.898. The minimum Gasteiger partial charge on any atom is -0.299 e. The molecule has 0 radical (unpaired) electrons. The molecule has 0 bridgehead atoms. The number of hydrogen-bond donors (Lipinski definition) is 0. The second-order valence-electron chi connectivity index (χ2n) is 2.83. The summed E-state index contributed by atoms with van der Waals surface area (Å²) in [6.07, 6.45) is 13.8. The third-order valence-electron chi connectivity index (χ3n) is 1.54. The van der Waals surface area contributed by atoms with Gasteiger partial charge in [-0.2, -0.15) is 0 Å². The molecule has 1 nitrogen and oxygen atoms in total.